The lowest BCUT2D eigenvalue weighted by molar-refractivity contribution is 0.0506. The van der Waals surface area contributed by atoms with Gasteiger partial charge in [0, 0.05) is 6.20 Å². The van der Waals surface area contributed by atoms with Crippen LogP contribution >= 0.6 is 0 Å². The van der Waals surface area contributed by atoms with Crippen molar-refractivity contribution < 1.29 is 18.7 Å². The number of esters is 1. The summed E-state index contributed by atoms with van der Waals surface area (Å²) in [5.41, 5.74) is 0.158. The van der Waals surface area contributed by atoms with Crippen molar-refractivity contribution in [2.75, 3.05) is 6.61 Å². The van der Waals surface area contributed by atoms with Gasteiger partial charge in [0.05, 0.1) is 13.0 Å². The smallest absolute Gasteiger partial charge is 0.355 e. The molecule has 1 unspecified atom stereocenters. The topological polar surface area (TPSA) is 48.3 Å². The zero-order chi connectivity index (χ0) is 18.5. The molecule has 1 aromatic heterocycles. The Bertz CT molecular complexity index is 513. The molecule has 1 aromatic rings. The molecule has 0 aliphatic heterocycles. The molecule has 142 valence electrons. The molecule has 0 N–H and O–H groups in total. The number of alkyl halides is 1. The molecule has 4 nitrogen and oxygen atoms in total. The predicted molar refractivity (Wildman–Crippen MR) is 97.8 cm³/mol. The van der Waals surface area contributed by atoms with E-state index in [1.54, 1.807) is 13.0 Å². The maximum absolute atomic E-state index is 14.1. The highest BCUT2D eigenvalue weighted by molar-refractivity contribution is 5.93. The average molecular weight is 353 g/mol. The normalized spacial score (nSPS) is 12.1. The molecule has 0 aliphatic carbocycles. The average Bonchev–Trinajstić information content (AvgIpc) is 3.07. The summed E-state index contributed by atoms with van der Waals surface area (Å²) in [6.07, 6.45) is 9.77. The molecule has 0 saturated carbocycles. The van der Waals surface area contributed by atoms with Gasteiger partial charge in [-0.1, -0.05) is 58.3 Å². The number of ether oxygens (including phenoxy) is 1. The van der Waals surface area contributed by atoms with Crippen molar-refractivity contribution in [3.05, 3.63) is 24.0 Å². The third kappa shape index (κ3) is 8.32. The first-order chi connectivity index (χ1) is 12.1. The zero-order valence-electron chi connectivity index (χ0n) is 15.6. The number of aromatic nitrogens is 1. The molecule has 25 heavy (non-hydrogen) atoms. The second kappa shape index (κ2) is 12.7. The van der Waals surface area contributed by atoms with Crippen molar-refractivity contribution in [1.29, 1.82) is 0 Å². The number of carbonyl (C=O) groups excluding carboxylic acids is 2. The van der Waals surface area contributed by atoms with Gasteiger partial charge in [0.15, 0.2) is 0 Å². The lowest BCUT2D eigenvalue weighted by atomic mass is 10.0. The summed E-state index contributed by atoms with van der Waals surface area (Å²) >= 11 is 0. The van der Waals surface area contributed by atoms with Gasteiger partial charge in [0.1, 0.15) is 11.9 Å². The Morgan fingerprint density at radius 2 is 1.72 bits per heavy atom. The molecule has 0 saturated heterocycles. The Balaban J connectivity index is 2.26. The van der Waals surface area contributed by atoms with Crippen molar-refractivity contribution in [3.63, 3.8) is 0 Å². The summed E-state index contributed by atoms with van der Waals surface area (Å²) in [6, 6.07) is 3.11. The number of nitrogens with zero attached hydrogens (tertiary/aromatic N) is 1. The molecule has 0 bridgehead atoms. The highest BCUT2D eigenvalue weighted by Gasteiger charge is 2.19. The number of rotatable bonds is 13. The van der Waals surface area contributed by atoms with E-state index in [0.717, 1.165) is 19.3 Å². The van der Waals surface area contributed by atoms with Crippen LogP contribution in [0.2, 0.25) is 0 Å². The number of halogens is 1. The number of unbranched alkanes of at least 4 members (excludes halogenated alkanes) is 7. The fourth-order valence-corrected chi connectivity index (χ4v) is 2.86. The molecular formula is C20H32FNO3. The van der Waals surface area contributed by atoms with Crippen molar-refractivity contribution in [1.82, 2.24) is 4.57 Å². The van der Waals surface area contributed by atoms with Gasteiger partial charge in [-0.3, -0.25) is 9.36 Å². The molecule has 0 radical (unpaired) electrons. The van der Waals surface area contributed by atoms with E-state index in [-0.39, 0.29) is 18.7 Å². The van der Waals surface area contributed by atoms with Gasteiger partial charge < -0.3 is 4.74 Å². The molecule has 0 spiro atoms. The highest BCUT2D eigenvalue weighted by atomic mass is 19.1. The molecule has 0 aromatic carbocycles. The third-order valence-corrected chi connectivity index (χ3v) is 4.27. The molecule has 0 amide bonds. The SMILES string of the molecule is CCCCCCCCCCC(F)CC(=O)n1cccc1C(=O)OCC. The summed E-state index contributed by atoms with van der Waals surface area (Å²) in [5, 5.41) is 0. The van der Waals surface area contributed by atoms with E-state index in [9.17, 15) is 14.0 Å². The van der Waals surface area contributed by atoms with Crippen LogP contribution in [0.25, 0.3) is 0 Å². The van der Waals surface area contributed by atoms with Crippen molar-refractivity contribution >= 4 is 11.9 Å². The van der Waals surface area contributed by atoms with Crippen LogP contribution in [0.15, 0.2) is 18.3 Å². The number of hydrogen-bond donors (Lipinski definition) is 0. The molecule has 1 rings (SSSR count). The third-order valence-electron chi connectivity index (χ3n) is 4.27. The van der Waals surface area contributed by atoms with Crippen LogP contribution in [0.5, 0.6) is 0 Å². The minimum absolute atomic E-state index is 0.158. The maximum Gasteiger partial charge on any atom is 0.355 e. The van der Waals surface area contributed by atoms with Crippen LogP contribution in [-0.4, -0.2) is 29.2 Å². The quantitative estimate of drug-likeness (QED) is 0.344. The molecule has 0 aliphatic rings. The first kappa shape index (κ1) is 21.4. The first-order valence-corrected chi connectivity index (χ1v) is 9.61. The summed E-state index contributed by atoms with van der Waals surface area (Å²) in [6.45, 7) is 4.14. The van der Waals surface area contributed by atoms with E-state index in [1.165, 1.54) is 48.9 Å². The zero-order valence-corrected chi connectivity index (χ0v) is 15.6. The Morgan fingerprint density at radius 1 is 1.08 bits per heavy atom. The molecule has 0 fully saturated rings. The molecule has 1 heterocycles. The summed E-state index contributed by atoms with van der Waals surface area (Å²) < 4.78 is 20.1. The second-order valence-electron chi connectivity index (χ2n) is 6.44. The lowest BCUT2D eigenvalue weighted by Gasteiger charge is -2.10. The van der Waals surface area contributed by atoms with Gasteiger partial charge in [0.2, 0.25) is 5.91 Å². The van der Waals surface area contributed by atoms with Gasteiger partial charge in [-0.15, -0.1) is 0 Å². The Morgan fingerprint density at radius 3 is 2.36 bits per heavy atom. The van der Waals surface area contributed by atoms with Gasteiger partial charge in [-0.2, -0.15) is 0 Å². The van der Waals surface area contributed by atoms with Crippen LogP contribution in [0.3, 0.4) is 0 Å². The minimum atomic E-state index is -1.16. The van der Waals surface area contributed by atoms with E-state index in [0.29, 0.717) is 6.42 Å². The van der Waals surface area contributed by atoms with Crippen molar-refractivity contribution in [2.24, 2.45) is 0 Å². The minimum Gasteiger partial charge on any atom is -0.461 e. The fourth-order valence-electron chi connectivity index (χ4n) is 2.86. The van der Waals surface area contributed by atoms with Crippen LogP contribution in [0, 0.1) is 0 Å². The molecule has 5 heteroatoms. The van der Waals surface area contributed by atoms with Crippen LogP contribution in [0.4, 0.5) is 4.39 Å². The van der Waals surface area contributed by atoms with E-state index >= 15 is 0 Å². The maximum atomic E-state index is 14.1. The largest absolute Gasteiger partial charge is 0.461 e. The van der Waals surface area contributed by atoms with Crippen molar-refractivity contribution in [2.45, 2.75) is 84.2 Å². The standard InChI is InChI=1S/C20H32FNO3/c1-3-5-6-7-8-9-10-11-13-17(21)16-19(23)22-15-12-14-18(22)20(24)25-4-2/h12,14-15,17H,3-11,13,16H2,1-2H3. The van der Waals surface area contributed by atoms with E-state index < -0.39 is 18.0 Å². The number of carbonyl (C=O) groups is 2. The van der Waals surface area contributed by atoms with Crippen LogP contribution in [0.1, 0.15) is 93.3 Å². The second-order valence-corrected chi connectivity index (χ2v) is 6.44. The number of hydrogen-bond acceptors (Lipinski definition) is 3. The van der Waals surface area contributed by atoms with Crippen LogP contribution < -0.4 is 0 Å². The van der Waals surface area contributed by atoms with Gasteiger partial charge in [-0.05, 0) is 25.5 Å². The van der Waals surface area contributed by atoms with Gasteiger partial charge in [-0.25, -0.2) is 9.18 Å². The summed E-state index contributed by atoms with van der Waals surface area (Å²) in [7, 11) is 0. The Labute approximate surface area is 150 Å². The molecule has 1 atom stereocenters. The Kier molecular flexibility index (Phi) is 10.8. The van der Waals surface area contributed by atoms with Crippen molar-refractivity contribution in [3.8, 4) is 0 Å². The van der Waals surface area contributed by atoms with Gasteiger partial charge in [0.25, 0.3) is 0 Å². The highest BCUT2D eigenvalue weighted by Crippen LogP contribution is 2.15. The fraction of sp³-hybridized carbons (Fsp3) is 0.700. The predicted octanol–water partition coefficient (Wildman–Crippen LogP) is 5.56. The molecular weight excluding hydrogens is 321 g/mol. The van der Waals surface area contributed by atoms with Crippen LogP contribution in [-0.2, 0) is 4.74 Å². The van der Waals surface area contributed by atoms with Gasteiger partial charge >= 0.3 is 5.97 Å². The van der Waals surface area contributed by atoms with E-state index in [1.807, 2.05) is 0 Å². The lowest BCUT2D eigenvalue weighted by Crippen LogP contribution is -2.21. The van der Waals surface area contributed by atoms with E-state index in [4.69, 9.17) is 4.74 Å². The first-order valence-electron chi connectivity index (χ1n) is 9.61. The summed E-state index contributed by atoms with van der Waals surface area (Å²) in [5.74, 6) is -0.959. The monoisotopic (exact) mass is 353 g/mol. The summed E-state index contributed by atoms with van der Waals surface area (Å²) in [4.78, 5) is 24.0. The van der Waals surface area contributed by atoms with E-state index in [2.05, 4.69) is 6.92 Å². The Hall–Kier alpha value is -1.65.